The summed E-state index contributed by atoms with van der Waals surface area (Å²) < 4.78 is 0. The van der Waals surface area contributed by atoms with Crippen LogP contribution in [0.15, 0.2) is 6.07 Å². The summed E-state index contributed by atoms with van der Waals surface area (Å²) in [6.45, 7) is 6.72. The molecule has 1 aromatic heterocycles. The minimum absolute atomic E-state index is 0.558. The fourth-order valence-corrected chi connectivity index (χ4v) is 2.42. The Kier molecular flexibility index (Phi) is 3.08. The van der Waals surface area contributed by atoms with Crippen LogP contribution in [0, 0.1) is 0 Å². The van der Waals surface area contributed by atoms with Crippen molar-refractivity contribution in [3.8, 4) is 0 Å². The molecule has 1 aliphatic rings. The molecule has 1 nitrogen and oxygen atoms in total. The highest BCUT2D eigenvalue weighted by Gasteiger charge is 2.16. The molecule has 1 aliphatic carbocycles. The number of aryl methyl sites for hydroxylation is 2. The van der Waals surface area contributed by atoms with Gasteiger partial charge in [0.25, 0.3) is 0 Å². The average molecular weight is 203 g/mol. The van der Waals surface area contributed by atoms with Crippen LogP contribution in [0.3, 0.4) is 0 Å². The maximum Gasteiger partial charge on any atom is 0.0441 e. The molecule has 0 fully saturated rings. The second kappa shape index (κ2) is 4.34. The fraction of sp³-hybridized carbons (Fsp3) is 0.643. The molecule has 0 unspecified atom stereocenters. The lowest BCUT2D eigenvalue weighted by Gasteiger charge is -2.20. The van der Waals surface area contributed by atoms with E-state index in [4.69, 9.17) is 4.98 Å². The molecule has 15 heavy (non-hydrogen) atoms. The molecule has 0 saturated heterocycles. The number of pyridine rings is 1. The molecule has 0 radical (unpaired) electrons. The van der Waals surface area contributed by atoms with Crippen LogP contribution in [-0.4, -0.2) is 4.98 Å². The molecular weight excluding hydrogens is 182 g/mol. The van der Waals surface area contributed by atoms with Gasteiger partial charge in [0.15, 0.2) is 0 Å². The maximum absolute atomic E-state index is 4.82. The van der Waals surface area contributed by atoms with Gasteiger partial charge in [0, 0.05) is 11.4 Å². The molecule has 0 saturated carbocycles. The summed E-state index contributed by atoms with van der Waals surface area (Å²) in [4.78, 5) is 4.82. The third-order valence-electron chi connectivity index (χ3n) is 3.38. The molecule has 0 bridgehead atoms. The highest BCUT2D eigenvalue weighted by atomic mass is 14.7. The van der Waals surface area contributed by atoms with Gasteiger partial charge in [-0.25, -0.2) is 0 Å². The summed E-state index contributed by atoms with van der Waals surface area (Å²) >= 11 is 0. The number of rotatable bonds is 2. The van der Waals surface area contributed by atoms with Crippen LogP contribution in [0.2, 0.25) is 0 Å². The van der Waals surface area contributed by atoms with E-state index in [0.29, 0.717) is 5.92 Å². The molecule has 2 rings (SSSR count). The van der Waals surface area contributed by atoms with Gasteiger partial charge in [-0.2, -0.15) is 0 Å². The van der Waals surface area contributed by atoms with Crippen molar-refractivity contribution in [1.82, 2.24) is 4.98 Å². The zero-order valence-electron chi connectivity index (χ0n) is 10.1. The number of fused-ring (bicyclic) bond motifs is 1. The predicted molar refractivity (Wildman–Crippen MR) is 64.3 cm³/mol. The van der Waals surface area contributed by atoms with Gasteiger partial charge in [-0.05, 0) is 55.2 Å². The minimum atomic E-state index is 0.558. The number of hydrogen-bond acceptors (Lipinski definition) is 1. The first-order chi connectivity index (χ1) is 7.22. The zero-order chi connectivity index (χ0) is 10.8. The Morgan fingerprint density at radius 1 is 1.27 bits per heavy atom. The molecule has 1 aromatic rings. The van der Waals surface area contributed by atoms with Crippen LogP contribution in [0.1, 0.15) is 62.0 Å². The number of aromatic nitrogens is 1. The first-order valence-corrected chi connectivity index (χ1v) is 6.24. The summed E-state index contributed by atoms with van der Waals surface area (Å²) in [6.07, 6.45) is 6.28. The Morgan fingerprint density at radius 2 is 2.00 bits per heavy atom. The normalized spacial score (nSPS) is 15.5. The van der Waals surface area contributed by atoms with Crippen molar-refractivity contribution in [1.29, 1.82) is 0 Å². The van der Waals surface area contributed by atoms with Crippen molar-refractivity contribution in [2.75, 3.05) is 0 Å². The summed E-state index contributed by atoms with van der Waals surface area (Å²) in [6, 6.07) is 2.33. The molecule has 0 aliphatic heterocycles. The third-order valence-corrected chi connectivity index (χ3v) is 3.38. The van der Waals surface area contributed by atoms with Crippen LogP contribution in [-0.2, 0) is 19.3 Å². The van der Waals surface area contributed by atoms with E-state index in [1.54, 1.807) is 11.1 Å². The van der Waals surface area contributed by atoms with Gasteiger partial charge in [-0.15, -0.1) is 0 Å². The predicted octanol–water partition coefficient (Wildman–Crippen LogP) is 3.65. The number of hydrogen-bond donors (Lipinski definition) is 0. The van der Waals surface area contributed by atoms with Crippen molar-refractivity contribution in [2.24, 2.45) is 0 Å². The van der Waals surface area contributed by atoms with E-state index in [2.05, 4.69) is 26.8 Å². The highest BCUT2D eigenvalue weighted by molar-refractivity contribution is 5.35. The first kappa shape index (κ1) is 10.7. The van der Waals surface area contributed by atoms with Crippen LogP contribution >= 0.6 is 0 Å². The molecule has 0 amide bonds. The Labute approximate surface area is 92.9 Å². The Balaban J connectivity index is 2.48. The molecule has 0 atom stereocenters. The van der Waals surface area contributed by atoms with E-state index >= 15 is 0 Å². The molecule has 1 heteroatoms. The van der Waals surface area contributed by atoms with Gasteiger partial charge in [0.2, 0.25) is 0 Å². The van der Waals surface area contributed by atoms with Gasteiger partial charge in [0.1, 0.15) is 0 Å². The second-order valence-electron chi connectivity index (χ2n) is 4.85. The second-order valence-corrected chi connectivity index (χ2v) is 4.85. The van der Waals surface area contributed by atoms with Crippen molar-refractivity contribution >= 4 is 0 Å². The molecule has 0 spiro atoms. The highest BCUT2D eigenvalue weighted by Crippen LogP contribution is 2.26. The lowest BCUT2D eigenvalue weighted by atomic mass is 9.89. The van der Waals surface area contributed by atoms with E-state index in [1.807, 2.05) is 0 Å². The van der Waals surface area contributed by atoms with Crippen LogP contribution < -0.4 is 0 Å². The van der Waals surface area contributed by atoms with Crippen LogP contribution in [0.4, 0.5) is 0 Å². The largest absolute Gasteiger partial charge is 0.257 e. The zero-order valence-corrected chi connectivity index (χ0v) is 10.1. The molecular formula is C14H21N. The van der Waals surface area contributed by atoms with Crippen LogP contribution in [0.25, 0.3) is 0 Å². The van der Waals surface area contributed by atoms with Crippen molar-refractivity contribution in [2.45, 2.75) is 58.8 Å². The van der Waals surface area contributed by atoms with E-state index in [0.717, 1.165) is 6.42 Å². The summed E-state index contributed by atoms with van der Waals surface area (Å²) in [5.41, 5.74) is 5.79. The van der Waals surface area contributed by atoms with Gasteiger partial charge >= 0.3 is 0 Å². The lowest BCUT2D eigenvalue weighted by Crippen LogP contribution is -2.11. The molecule has 0 aromatic carbocycles. The molecule has 82 valence electrons. The topological polar surface area (TPSA) is 12.9 Å². The van der Waals surface area contributed by atoms with Gasteiger partial charge in [-0.1, -0.05) is 20.8 Å². The van der Waals surface area contributed by atoms with Gasteiger partial charge in [-0.3, -0.25) is 4.98 Å². The quantitative estimate of drug-likeness (QED) is 0.715. The standard InChI is InChI=1S/C14H21N/c1-4-11-9-14(10(2)3)15-13-8-6-5-7-12(11)13/h9-10H,4-8H2,1-3H3. The van der Waals surface area contributed by atoms with E-state index in [-0.39, 0.29) is 0 Å². The summed E-state index contributed by atoms with van der Waals surface area (Å²) in [5.74, 6) is 0.558. The van der Waals surface area contributed by atoms with E-state index < -0.39 is 0 Å². The molecule has 0 N–H and O–H groups in total. The SMILES string of the molecule is CCc1cc(C(C)C)nc2c1CCCC2. The van der Waals surface area contributed by atoms with Crippen molar-refractivity contribution < 1.29 is 0 Å². The maximum atomic E-state index is 4.82. The first-order valence-electron chi connectivity index (χ1n) is 6.24. The molecule has 1 heterocycles. The number of nitrogens with zero attached hydrogens (tertiary/aromatic N) is 1. The van der Waals surface area contributed by atoms with E-state index in [9.17, 15) is 0 Å². The monoisotopic (exact) mass is 203 g/mol. The van der Waals surface area contributed by atoms with E-state index in [1.165, 1.54) is 37.1 Å². The average Bonchev–Trinajstić information content (AvgIpc) is 2.27. The smallest absolute Gasteiger partial charge is 0.0441 e. The van der Waals surface area contributed by atoms with Crippen molar-refractivity contribution in [3.05, 3.63) is 28.6 Å². The van der Waals surface area contributed by atoms with Crippen LogP contribution in [0.5, 0.6) is 0 Å². The van der Waals surface area contributed by atoms with Gasteiger partial charge in [0.05, 0.1) is 0 Å². The fourth-order valence-electron chi connectivity index (χ4n) is 2.42. The minimum Gasteiger partial charge on any atom is -0.257 e. The van der Waals surface area contributed by atoms with Crippen molar-refractivity contribution in [3.63, 3.8) is 0 Å². The third kappa shape index (κ3) is 2.06. The Bertz CT molecular complexity index is 335. The summed E-state index contributed by atoms with van der Waals surface area (Å²) in [7, 11) is 0. The lowest BCUT2D eigenvalue weighted by molar-refractivity contribution is 0.650. The Hall–Kier alpha value is -0.850. The summed E-state index contributed by atoms with van der Waals surface area (Å²) in [5, 5.41) is 0. The Morgan fingerprint density at radius 3 is 2.67 bits per heavy atom. The van der Waals surface area contributed by atoms with Gasteiger partial charge < -0.3 is 0 Å².